The fourth-order valence-electron chi connectivity index (χ4n) is 2.37. The molecule has 1 heterocycles. The lowest BCUT2D eigenvalue weighted by atomic mass is 10.1. The summed E-state index contributed by atoms with van der Waals surface area (Å²) in [5.41, 5.74) is 2.76. The van der Waals surface area contributed by atoms with Crippen molar-refractivity contribution in [3.63, 3.8) is 0 Å². The van der Waals surface area contributed by atoms with Gasteiger partial charge in [0.25, 0.3) is 5.56 Å². The molecule has 0 saturated carbocycles. The molecule has 3 aromatic rings. The van der Waals surface area contributed by atoms with Crippen molar-refractivity contribution in [2.24, 2.45) is 0 Å². The van der Waals surface area contributed by atoms with Gasteiger partial charge in [-0.3, -0.25) is 9.78 Å². The SMILES string of the molecule is CCSCc1ccc(Nc2nnc(-c3ccc(OC)cc3)c(=O)[nH]2)cc1. The van der Waals surface area contributed by atoms with Crippen LogP contribution in [0.15, 0.2) is 53.3 Å². The van der Waals surface area contributed by atoms with Gasteiger partial charge in [-0.2, -0.15) is 11.8 Å². The zero-order valence-corrected chi connectivity index (χ0v) is 15.5. The van der Waals surface area contributed by atoms with E-state index in [-0.39, 0.29) is 11.3 Å². The molecule has 0 aliphatic rings. The summed E-state index contributed by atoms with van der Waals surface area (Å²) in [6.45, 7) is 2.14. The Morgan fingerprint density at radius 1 is 1.08 bits per heavy atom. The minimum atomic E-state index is -0.302. The average molecular weight is 368 g/mol. The number of rotatable bonds is 7. The Labute approximate surface area is 156 Å². The molecule has 0 saturated heterocycles. The summed E-state index contributed by atoms with van der Waals surface area (Å²) in [4.78, 5) is 15.1. The number of nitrogens with zero attached hydrogens (tertiary/aromatic N) is 2. The Bertz CT molecular complexity index is 908. The topological polar surface area (TPSA) is 79.9 Å². The highest BCUT2D eigenvalue weighted by Gasteiger charge is 2.08. The van der Waals surface area contributed by atoms with Crippen molar-refractivity contribution in [2.45, 2.75) is 12.7 Å². The number of hydrogen-bond donors (Lipinski definition) is 2. The summed E-state index contributed by atoms with van der Waals surface area (Å²) in [5.74, 6) is 3.11. The molecule has 2 aromatic carbocycles. The summed E-state index contributed by atoms with van der Waals surface area (Å²) in [6, 6.07) is 15.1. The standard InChI is InChI=1S/C19H20N4O2S/c1-3-26-12-13-4-8-15(9-5-13)20-19-21-18(24)17(22-23-19)14-6-10-16(25-2)11-7-14/h4-11H,3,12H2,1-2H3,(H2,20,21,23,24). The zero-order valence-electron chi connectivity index (χ0n) is 14.7. The van der Waals surface area contributed by atoms with Gasteiger partial charge >= 0.3 is 0 Å². The van der Waals surface area contributed by atoms with Crippen molar-refractivity contribution < 1.29 is 4.74 Å². The number of thioether (sulfide) groups is 1. The van der Waals surface area contributed by atoms with E-state index in [4.69, 9.17) is 4.74 Å². The van der Waals surface area contributed by atoms with Crippen molar-refractivity contribution in [3.8, 4) is 17.0 Å². The largest absolute Gasteiger partial charge is 0.497 e. The highest BCUT2D eigenvalue weighted by molar-refractivity contribution is 7.98. The van der Waals surface area contributed by atoms with E-state index in [1.165, 1.54) is 5.56 Å². The molecule has 0 aliphatic heterocycles. The second-order valence-electron chi connectivity index (χ2n) is 5.54. The van der Waals surface area contributed by atoms with Gasteiger partial charge in [-0.05, 0) is 47.7 Å². The molecule has 26 heavy (non-hydrogen) atoms. The van der Waals surface area contributed by atoms with Gasteiger partial charge in [0.15, 0.2) is 5.69 Å². The summed E-state index contributed by atoms with van der Waals surface area (Å²) in [6.07, 6.45) is 0. The van der Waals surface area contributed by atoms with Gasteiger partial charge < -0.3 is 10.1 Å². The van der Waals surface area contributed by atoms with Gasteiger partial charge in [-0.25, -0.2) is 0 Å². The number of hydrogen-bond acceptors (Lipinski definition) is 6. The summed E-state index contributed by atoms with van der Waals surface area (Å²) >= 11 is 1.88. The highest BCUT2D eigenvalue weighted by Crippen LogP contribution is 2.19. The smallest absolute Gasteiger partial charge is 0.279 e. The molecule has 7 heteroatoms. The summed E-state index contributed by atoms with van der Waals surface area (Å²) in [7, 11) is 1.59. The van der Waals surface area contributed by atoms with Gasteiger partial charge in [0.05, 0.1) is 7.11 Å². The molecule has 3 rings (SSSR count). The van der Waals surface area contributed by atoms with Gasteiger partial charge in [0.1, 0.15) is 5.75 Å². The lowest BCUT2D eigenvalue weighted by Gasteiger charge is -2.07. The molecular formula is C19H20N4O2S. The first kappa shape index (κ1) is 18.0. The van der Waals surface area contributed by atoms with Crippen LogP contribution in [0.4, 0.5) is 11.6 Å². The minimum Gasteiger partial charge on any atom is -0.497 e. The van der Waals surface area contributed by atoms with Crippen LogP contribution in [0.25, 0.3) is 11.3 Å². The van der Waals surface area contributed by atoms with Crippen LogP contribution in [0.1, 0.15) is 12.5 Å². The average Bonchev–Trinajstić information content (AvgIpc) is 2.68. The van der Waals surface area contributed by atoms with E-state index in [9.17, 15) is 4.79 Å². The number of aromatic amines is 1. The Morgan fingerprint density at radius 3 is 2.42 bits per heavy atom. The van der Waals surface area contributed by atoms with Crippen LogP contribution in [-0.2, 0) is 5.75 Å². The van der Waals surface area contributed by atoms with Gasteiger partial charge in [0.2, 0.25) is 5.95 Å². The molecular weight excluding hydrogens is 348 g/mol. The molecule has 0 unspecified atom stereocenters. The van der Waals surface area contributed by atoms with E-state index < -0.39 is 0 Å². The maximum atomic E-state index is 12.3. The first-order valence-corrected chi connectivity index (χ1v) is 9.40. The molecule has 0 amide bonds. The predicted octanol–water partition coefficient (Wildman–Crippen LogP) is 3.84. The maximum Gasteiger partial charge on any atom is 0.279 e. The van der Waals surface area contributed by atoms with Crippen LogP contribution in [-0.4, -0.2) is 28.0 Å². The van der Waals surface area contributed by atoms with Crippen LogP contribution in [0.3, 0.4) is 0 Å². The first-order valence-electron chi connectivity index (χ1n) is 8.24. The number of methoxy groups -OCH3 is 1. The second-order valence-corrected chi connectivity index (χ2v) is 6.81. The fourth-order valence-corrected chi connectivity index (χ4v) is 3.00. The van der Waals surface area contributed by atoms with E-state index in [1.807, 2.05) is 23.9 Å². The number of ether oxygens (including phenoxy) is 1. The monoisotopic (exact) mass is 368 g/mol. The molecule has 0 radical (unpaired) electrons. The van der Waals surface area contributed by atoms with Gasteiger partial charge in [-0.15, -0.1) is 10.2 Å². The predicted molar refractivity (Wildman–Crippen MR) is 106 cm³/mol. The van der Waals surface area contributed by atoms with E-state index in [0.717, 1.165) is 22.9 Å². The Morgan fingerprint density at radius 2 is 1.81 bits per heavy atom. The van der Waals surface area contributed by atoms with Gasteiger partial charge in [0, 0.05) is 17.0 Å². The normalized spacial score (nSPS) is 10.5. The lowest BCUT2D eigenvalue weighted by molar-refractivity contribution is 0.415. The Hall–Kier alpha value is -2.80. The lowest BCUT2D eigenvalue weighted by Crippen LogP contribution is -2.15. The minimum absolute atomic E-state index is 0.269. The van der Waals surface area contributed by atoms with Crippen LogP contribution in [0.5, 0.6) is 5.75 Å². The molecule has 1 aromatic heterocycles. The quantitative estimate of drug-likeness (QED) is 0.660. The van der Waals surface area contributed by atoms with Crippen LogP contribution in [0.2, 0.25) is 0 Å². The molecule has 0 bridgehead atoms. The third kappa shape index (κ3) is 4.43. The van der Waals surface area contributed by atoms with Crippen molar-refractivity contribution >= 4 is 23.4 Å². The van der Waals surface area contributed by atoms with E-state index in [2.05, 4.69) is 39.6 Å². The van der Waals surface area contributed by atoms with E-state index in [0.29, 0.717) is 11.5 Å². The van der Waals surface area contributed by atoms with E-state index in [1.54, 1.807) is 31.4 Å². The number of benzene rings is 2. The molecule has 0 fully saturated rings. The summed E-state index contributed by atoms with van der Waals surface area (Å²) < 4.78 is 5.12. The van der Waals surface area contributed by atoms with Crippen molar-refractivity contribution in [1.29, 1.82) is 0 Å². The number of aromatic nitrogens is 3. The van der Waals surface area contributed by atoms with Crippen LogP contribution >= 0.6 is 11.8 Å². The Balaban J connectivity index is 1.73. The maximum absolute atomic E-state index is 12.3. The molecule has 0 spiro atoms. The van der Waals surface area contributed by atoms with Crippen molar-refractivity contribution in [3.05, 3.63) is 64.4 Å². The number of anilines is 2. The number of nitrogens with one attached hydrogen (secondary N) is 2. The molecule has 0 atom stereocenters. The van der Waals surface area contributed by atoms with E-state index >= 15 is 0 Å². The molecule has 2 N–H and O–H groups in total. The van der Waals surface area contributed by atoms with Crippen molar-refractivity contribution in [2.75, 3.05) is 18.2 Å². The Kier molecular flexibility index (Phi) is 5.91. The zero-order chi connectivity index (χ0) is 18.4. The first-order chi connectivity index (χ1) is 12.7. The highest BCUT2D eigenvalue weighted by atomic mass is 32.2. The third-order valence-corrected chi connectivity index (χ3v) is 4.70. The fraction of sp³-hybridized carbons (Fsp3) is 0.211. The number of H-pyrrole nitrogens is 1. The van der Waals surface area contributed by atoms with Gasteiger partial charge in [-0.1, -0.05) is 19.1 Å². The van der Waals surface area contributed by atoms with Crippen LogP contribution in [0, 0.1) is 0 Å². The second kappa shape index (κ2) is 8.53. The molecule has 134 valence electrons. The molecule has 6 nitrogen and oxygen atoms in total. The molecule has 0 aliphatic carbocycles. The van der Waals surface area contributed by atoms with Crippen LogP contribution < -0.4 is 15.6 Å². The van der Waals surface area contributed by atoms with Crippen molar-refractivity contribution in [1.82, 2.24) is 15.2 Å². The third-order valence-electron chi connectivity index (χ3n) is 3.75. The summed E-state index contributed by atoms with van der Waals surface area (Å²) in [5, 5.41) is 11.2.